The second-order valence-electron chi connectivity index (χ2n) is 4.33. The Morgan fingerprint density at radius 2 is 1.44 bits per heavy atom. The molecule has 2 unspecified atom stereocenters. The molecule has 1 aliphatic rings. The Morgan fingerprint density at radius 3 is 2.00 bits per heavy atom. The average molecular weight is 254 g/mol. The van der Waals surface area contributed by atoms with Crippen LogP contribution in [0.2, 0.25) is 0 Å². The fourth-order valence-electron chi connectivity index (χ4n) is 1.96. The van der Waals surface area contributed by atoms with E-state index in [1.54, 1.807) is 18.2 Å². The molecule has 0 heterocycles. The van der Waals surface area contributed by atoms with Gasteiger partial charge in [0.25, 0.3) is 11.6 Å². The molecule has 0 bridgehead atoms. The van der Waals surface area contributed by atoms with Crippen molar-refractivity contribution in [2.24, 2.45) is 0 Å². The van der Waals surface area contributed by atoms with Gasteiger partial charge in [-0.05, 0) is 11.6 Å². The van der Waals surface area contributed by atoms with Crippen LogP contribution in [0.1, 0.15) is 5.56 Å². The molecule has 0 saturated carbocycles. The SMILES string of the molecule is OC1C=CC(O)(c2ccccc2)C(O)(O)C1(O)O. The summed E-state index contributed by atoms with van der Waals surface area (Å²) in [6, 6.07) is 7.51. The first-order valence-corrected chi connectivity index (χ1v) is 5.28. The van der Waals surface area contributed by atoms with Crippen LogP contribution in [-0.4, -0.2) is 48.3 Å². The van der Waals surface area contributed by atoms with Crippen LogP contribution >= 0.6 is 0 Å². The predicted octanol–water partition coefficient (Wildman–Crippen LogP) is -1.83. The zero-order valence-corrected chi connectivity index (χ0v) is 9.30. The zero-order valence-electron chi connectivity index (χ0n) is 9.30. The van der Waals surface area contributed by atoms with E-state index in [4.69, 9.17) is 0 Å². The first-order chi connectivity index (χ1) is 8.23. The minimum atomic E-state index is -3.37. The minimum absolute atomic E-state index is 0.0469. The number of aliphatic hydroxyl groups excluding tert-OH is 1. The van der Waals surface area contributed by atoms with E-state index >= 15 is 0 Å². The summed E-state index contributed by atoms with van der Waals surface area (Å²) >= 11 is 0. The van der Waals surface area contributed by atoms with Crippen molar-refractivity contribution >= 4 is 0 Å². The van der Waals surface area contributed by atoms with Crippen LogP contribution in [0.15, 0.2) is 42.5 Å². The Hall–Kier alpha value is -1.28. The van der Waals surface area contributed by atoms with Crippen molar-refractivity contribution in [3.63, 3.8) is 0 Å². The molecular formula is C12H14O6. The summed E-state index contributed by atoms with van der Waals surface area (Å²) in [7, 11) is 0. The second kappa shape index (κ2) is 3.86. The summed E-state index contributed by atoms with van der Waals surface area (Å²) in [5.74, 6) is -6.66. The molecule has 0 spiro atoms. The quantitative estimate of drug-likeness (QED) is 0.259. The summed E-state index contributed by atoms with van der Waals surface area (Å²) in [4.78, 5) is 0. The number of rotatable bonds is 1. The normalized spacial score (nSPS) is 33.3. The molecule has 1 aliphatic carbocycles. The van der Waals surface area contributed by atoms with Gasteiger partial charge in [-0.2, -0.15) is 0 Å². The topological polar surface area (TPSA) is 121 Å². The Labute approximate surface area is 103 Å². The second-order valence-corrected chi connectivity index (χ2v) is 4.33. The number of benzene rings is 1. The Kier molecular flexibility index (Phi) is 2.82. The molecule has 98 valence electrons. The van der Waals surface area contributed by atoms with Crippen LogP contribution in [0.25, 0.3) is 0 Å². The van der Waals surface area contributed by atoms with E-state index in [0.29, 0.717) is 0 Å². The maximum atomic E-state index is 10.3. The average Bonchev–Trinajstić information content (AvgIpc) is 2.34. The van der Waals surface area contributed by atoms with E-state index < -0.39 is 23.3 Å². The Bertz CT molecular complexity index is 467. The lowest BCUT2D eigenvalue weighted by molar-refractivity contribution is -0.425. The third-order valence-corrected chi connectivity index (χ3v) is 3.19. The molecule has 0 fully saturated rings. The van der Waals surface area contributed by atoms with E-state index in [-0.39, 0.29) is 5.56 Å². The lowest BCUT2D eigenvalue weighted by Gasteiger charge is -2.48. The van der Waals surface area contributed by atoms with E-state index in [9.17, 15) is 30.6 Å². The maximum absolute atomic E-state index is 10.3. The molecule has 2 atom stereocenters. The van der Waals surface area contributed by atoms with Gasteiger partial charge in [0.2, 0.25) is 0 Å². The molecule has 0 radical (unpaired) electrons. The van der Waals surface area contributed by atoms with Crippen LogP contribution < -0.4 is 0 Å². The van der Waals surface area contributed by atoms with Gasteiger partial charge in [0.1, 0.15) is 6.10 Å². The smallest absolute Gasteiger partial charge is 0.259 e. The van der Waals surface area contributed by atoms with Crippen LogP contribution in [0.3, 0.4) is 0 Å². The summed E-state index contributed by atoms with van der Waals surface area (Å²) < 4.78 is 0. The van der Waals surface area contributed by atoms with Gasteiger partial charge in [-0.15, -0.1) is 0 Å². The zero-order chi connectivity index (χ0) is 13.6. The molecule has 0 aromatic heterocycles. The van der Waals surface area contributed by atoms with Gasteiger partial charge in [0.15, 0.2) is 5.60 Å². The lowest BCUT2D eigenvalue weighted by Crippen LogP contribution is -2.71. The van der Waals surface area contributed by atoms with E-state index in [0.717, 1.165) is 12.2 Å². The van der Waals surface area contributed by atoms with Gasteiger partial charge in [-0.1, -0.05) is 36.4 Å². The highest BCUT2D eigenvalue weighted by atomic mass is 16.6. The van der Waals surface area contributed by atoms with Crippen molar-refractivity contribution in [3.05, 3.63) is 48.0 Å². The van der Waals surface area contributed by atoms with Crippen LogP contribution in [-0.2, 0) is 5.60 Å². The molecule has 6 heteroatoms. The molecule has 1 aromatic rings. The third kappa shape index (κ3) is 1.52. The van der Waals surface area contributed by atoms with Gasteiger partial charge in [0.05, 0.1) is 0 Å². The first-order valence-electron chi connectivity index (χ1n) is 5.28. The number of hydrogen-bond acceptors (Lipinski definition) is 6. The maximum Gasteiger partial charge on any atom is 0.259 e. The van der Waals surface area contributed by atoms with Gasteiger partial charge in [-0.3, -0.25) is 0 Å². The van der Waals surface area contributed by atoms with Crippen LogP contribution in [0.5, 0.6) is 0 Å². The molecule has 6 N–H and O–H groups in total. The van der Waals surface area contributed by atoms with Crippen molar-refractivity contribution in [3.8, 4) is 0 Å². The summed E-state index contributed by atoms with van der Waals surface area (Å²) in [6.45, 7) is 0. The highest BCUT2D eigenvalue weighted by molar-refractivity contribution is 5.35. The van der Waals surface area contributed by atoms with E-state index in [1.165, 1.54) is 12.1 Å². The van der Waals surface area contributed by atoms with E-state index in [1.807, 2.05) is 0 Å². The lowest BCUT2D eigenvalue weighted by atomic mass is 9.74. The first kappa shape index (κ1) is 13.2. The fraction of sp³-hybridized carbons (Fsp3) is 0.333. The molecule has 1 aromatic carbocycles. The highest BCUT2D eigenvalue weighted by Crippen LogP contribution is 2.43. The van der Waals surface area contributed by atoms with Crippen LogP contribution in [0, 0.1) is 0 Å². The Balaban J connectivity index is 2.61. The monoisotopic (exact) mass is 254 g/mol. The van der Waals surface area contributed by atoms with Crippen molar-refractivity contribution in [2.75, 3.05) is 0 Å². The van der Waals surface area contributed by atoms with Gasteiger partial charge >= 0.3 is 0 Å². The minimum Gasteiger partial charge on any atom is -0.383 e. The van der Waals surface area contributed by atoms with Crippen molar-refractivity contribution in [2.45, 2.75) is 23.3 Å². The molecule has 0 aliphatic heterocycles. The van der Waals surface area contributed by atoms with Gasteiger partial charge < -0.3 is 30.6 Å². The number of aliphatic hydroxyl groups is 6. The van der Waals surface area contributed by atoms with Crippen molar-refractivity contribution in [1.29, 1.82) is 0 Å². The molecule has 0 amide bonds. The molecular weight excluding hydrogens is 240 g/mol. The van der Waals surface area contributed by atoms with Gasteiger partial charge in [-0.25, -0.2) is 0 Å². The van der Waals surface area contributed by atoms with Crippen LogP contribution in [0.4, 0.5) is 0 Å². The highest BCUT2D eigenvalue weighted by Gasteiger charge is 2.66. The Morgan fingerprint density at radius 1 is 0.889 bits per heavy atom. The molecule has 2 rings (SSSR count). The third-order valence-electron chi connectivity index (χ3n) is 3.19. The molecule has 6 nitrogen and oxygen atoms in total. The number of hydrogen-bond donors (Lipinski definition) is 6. The summed E-state index contributed by atoms with van der Waals surface area (Å²) in [6.07, 6.45) is -0.133. The fourth-order valence-corrected chi connectivity index (χ4v) is 1.96. The van der Waals surface area contributed by atoms with Crippen molar-refractivity contribution in [1.82, 2.24) is 0 Å². The van der Waals surface area contributed by atoms with Gasteiger partial charge in [0, 0.05) is 0 Å². The predicted molar refractivity (Wildman–Crippen MR) is 59.8 cm³/mol. The van der Waals surface area contributed by atoms with E-state index in [2.05, 4.69) is 0 Å². The molecule has 18 heavy (non-hydrogen) atoms. The summed E-state index contributed by atoms with van der Waals surface area (Å²) in [5, 5.41) is 58.4. The van der Waals surface area contributed by atoms with Crippen molar-refractivity contribution < 1.29 is 30.6 Å². The standard InChI is InChI=1S/C12H14O6/c13-9-6-7-10(14,8-4-2-1-3-5-8)12(17,18)11(9,15)16/h1-7,9,13-18H. The largest absolute Gasteiger partial charge is 0.383 e. The molecule has 0 saturated heterocycles. The summed E-state index contributed by atoms with van der Waals surface area (Å²) in [5.41, 5.74) is -2.40.